The molecule has 0 heterocycles. The van der Waals surface area contributed by atoms with Crippen LogP contribution in [0.1, 0.15) is 13.3 Å². The maximum atomic E-state index is 11.9. The van der Waals surface area contributed by atoms with Crippen LogP contribution in [0, 0.1) is 0 Å². The SMILES string of the molecule is CCCN=C(N)N=C(N)Nc1ccc(S(=O)(=O)N(C)C)cc1. The van der Waals surface area contributed by atoms with E-state index in [9.17, 15) is 8.42 Å². The number of nitrogens with zero attached hydrogens (tertiary/aromatic N) is 3. The van der Waals surface area contributed by atoms with Crippen LogP contribution in [0.4, 0.5) is 5.69 Å². The third kappa shape index (κ3) is 5.01. The van der Waals surface area contributed by atoms with E-state index in [1.807, 2.05) is 6.92 Å². The number of rotatable bonds is 5. The van der Waals surface area contributed by atoms with Crippen molar-refractivity contribution in [3.8, 4) is 0 Å². The molecule has 1 aromatic carbocycles. The zero-order valence-electron chi connectivity index (χ0n) is 12.9. The van der Waals surface area contributed by atoms with E-state index in [0.29, 0.717) is 12.2 Å². The monoisotopic (exact) mass is 326 g/mol. The molecule has 1 aromatic rings. The van der Waals surface area contributed by atoms with E-state index in [2.05, 4.69) is 15.3 Å². The molecule has 0 amide bonds. The van der Waals surface area contributed by atoms with Gasteiger partial charge in [0.15, 0.2) is 0 Å². The highest BCUT2D eigenvalue weighted by atomic mass is 32.2. The smallest absolute Gasteiger partial charge is 0.242 e. The first-order chi connectivity index (χ1) is 10.3. The van der Waals surface area contributed by atoms with Crippen LogP contribution in [0.2, 0.25) is 0 Å². The Labute approximate surface area is 131 Å². The zero-order chi connectivity index (χ0) is 16.8. The molecule has 0 radical (unpaired) electrons. The number of nitrogens with one attached hydrogen (secondary N) is 1. The molecule has 0 aliphatic carbocycles. The molecule has 22 heavy (non-hydrogen) atoms. The largest absolute Gasteiger partial charge is 0.369 e. The van der Waals surface area contributed by atoms with Gasteiger partial charge in [-0.15, -0.1) is 0 Å². The number of benzene rings is 1. The molecule has 0 unspecified atom stereocenters. The lowest BCUT2D eigenvalue weighted by Crippen LogP contribution is -2.26. The molecule has 8 nitrogen and oxygen atoms in total. The van der Waals surface area contributed by atoms with Gasteiger partial charge in [0.1, 0.15) is 0 Å². The van der Waals surface area contributed by atoms with Gasteiger partial charge in [0.25, 0.3) is 0 Å². The first-order valence-electron chi connectivity index (χ1n) is 6.71. The summed E-state index contributed by atoms with van der Waals surface area (Å²) in [7, 11) is -0.493. The molecule has 0 atom stereocenters. The van der Waals surface area contributed by atoms with Gasteiger partial charge in [-0.3, -0.25) is 4.99 Å². The van der Waals surface area contributed by atoms with Crippen LogP contribution in [-0.2, 0) is 10.0 Å². The second-order valence-electron chi connectivity index (χ2n) is 4.67. The summed E-state index contributed by atoms with van der Waals surface area (Å²) in [5, 5.41) is 2.82. The highest BCUT2D eigenvalue weighted by molar-refractivity contribution is 7.89. The van der Waals surface area contributed by atoms with Gasteiger partial charge in [-0.05, 0) is 30.7 Å². The second kappa shape index (κ2) is 7.76. The van der Waals surface area contributed by atoms with Crippen LogP contribution in [0.25, 0.3) is 0 Å². The molecule has 0 bridgehead atoms. The molecule has 0 spiro atoms. The average molecular weight is 326 g/mol. The van der Waals surface area contributed by atoms with E-state index in [4.69, 9.17) is 11.5 Å². The van der Waals surface area contributed by atoms with Crippen molar-refractivity contribution >= 4 is 27.6 Å². The average Bonchev–Trinajstić information content (AvgIpc) is 2.45. The van der Waals surface area contributed by atoms with Crippen LogP contribution in [0.15, 0.2) is 39.1 Å². The Kier molecular flexibility index (Phi) is 6.32. The van der Waals surface area contributed by atoms with Gasteiger partial charge in [0.2, 0.25) is 21.9 Å². The predicted molar refractivity (Wildman–Crippen MR) is 89.3 cm³/mol. The van der Waals surface area contributed by atoms with E-state index in [1.54, 1.807) is 12.1 Å². The Balaban J connectivity index is 2.83. The lowest BCUT2D eigenvalue weighted by Gasteiger charge is -2.12. The summed E-state index contributed by atoms with van der Waals surface area (Å²) in [5.41, 5.74) is 11.9. The first kappa shape index (κ1) is 17.9. The Morgan fingerprint density at radius 2 is 1.82 bits per heavy atom. The van der Waals surface area contributed by atoms with Gasteiger partial charge in [-0.1, -0.05) is 6.92 Å². The lowest BCUT2D eigenvalue weighted by molar-refractivity contribution is 0.521. The number of anilines is 1. The summed E-state index contributed by atoms with van der Waals surface area (Å²) in [4.78, 5) is 8.08. The molecule has 9 heteroatoms. The Morgan fingerprint density at radius 3 is 2.32 bits per heavy atom. The molecular weight excluding hydrogens is 304 g/mol. The van der Waals surface area contributed by atoms with Gasteiger partial charge in [0.05, 0.1) is 4.90 Å². The summed E-state index contributed by atoms with van der Waals surface area (Å²) in [6.45, 7) is 2.56. The number of hydrogen-bond donors (Lipinski definition) is 3. The van der Waals surface area contributed by atoms with Crippen molar-refractivity contribution in [3.63, 3.8) is 0 Å². The van der Waals surface area contributed by atoms with Crippen molar-refractivity contribution in [3.05, 3.63) is 24.3 Å². The molecule has 122 valence electrons. The van der Waals surface area contributed by atoms with E-state index < -0.39 is 10.0 Å². The Morgan fingerprint density at radius 1 is 1.23 bits per heavy atom. The number of nitrogens with two attached hydrogens (primary N) is 2. The maximum Gasteiger partial charge on any atom is 0.242 e. The van der Waals surface area contributed by atoms with Crippen molar-refractivity contribution < 1.29 is 8.42 Å². The third-order valence-corrected chi connectivity index (χ3v) is 4.47. The van der Waals surface area contributed by atoms with Crippen LogP contribution in [-0.4, -0.2) is 45.3 Å². The molecule has 1 rings (SSSR count). The van der Waals surface area contributed by atoms with Gasteiger partial charge in [-0.25, -0.2) is 12.7 Å². The Hall–Kier alpha value is -2.13. The van der Waals surface area contributed by atoms with Crippen LogP contribution in [0.3, 0.4) is 0 Å². The standard InChI is InChI=1S/C13H22N6O2S/c1-4-9-16-12(14)18-13(15)17-10-5-7-11(8-6-10)22(20,21)19(2)3/h5-8H,4,9H2,1-3H3,(H5,14,15,16,17,18). The minimum Gasteiger partial charge on any atom is -0.369 e. The molecule has 0 aliphatic heterocycles. The summed E-state index contributed by atoms with van der Waals surface area (Å²) < 4.78 is 25.0. The van der Waals surface area contributed by atoms with Gasteiger partial charge in [0, 0.05) is 26.3 Å². The molecule has 0 aliphatic rings. The number of hydrogen-bond acceptors (Lipinski definition) is 3. The number of sulfonamides is 1. The highest BCUT2D eigenvalue weighted by Crippen LogP contribution is 2.16. The van der Waals surface area contributed by atoms with Crippen LogP contribution < -0.4 is 16.8 Å². The summed E-state index contributed by atoms with van der Waals surface area (Å²) >= 11 is 0. The van der Waals surface area contributed by atoms with E-state index in [0.717, 1.165) is 10.7 Å². The van der Waals surface area contributed by atoms with Gasteiger partial charge >= 0.3 is 0 Å². The fourth-order valence-corrected chi connectivity index (χ4v) is 2.38. The van der Waals surface area contributed by atoms with Crippen molar-refractivity contribution in [2.24, 2.45) is 21.5 Å². The fraction of sp³-hybridized carbons (Fsp3) is 0.385. The van der Waals surface area contributed by atoms with E-state index in [-0.39, 0.29) is 16.8 Å². The predicted octanol–water partition coefficient (Wildman–Crippen LogP) is 0.388. The minimum atomic E-state index is -3.45. The van der Waals surface area contributed by atoms with Crippen LogP contribution >= 0.6 is 0 Å². The molecular formula is C13H22N6O2S. The highest BCUT2D eigenvalue weighted by Gasteiger charge is 2.16. The molecule has 0 saturated carbocycles. The van der Waals surface area contributed by atoms with Gasteiger partial charge < -0.3 is 16.8 Å². The summed E-state index contributed by atoms with van der Waals surface area (Å²) in [6, 6.07) is 6.16. The maximum absolute atomic E-state index is 11.9. The fourth-order valence-electron chi connectivity index (χ4n) is 1.48. The van der Waals surface area contributed by atoms with E-state index in [1.165, 1.54) is 26.2 Å². The molecule has 0 aromatic heterocycles. The second-order valence-corrected chi connectivity index (χ2v) is 6.83. The third-order valence-electron chi connectivity index (χ3n) is 2.64. The van der Waals surface area contributed by atoms with Crippen molar-refractivity contribution in [2.45, 2.75) is 18.2 Å². The number of aliphatic imine (C=N–C) groups is 2. The number of guanidine groups is 2. The summed E-state index contributed by atoms with van der Waals surface area (Å²) in [6.07, 6.45) is 0.866. The quantitative estimate of drug-likeness (QED) is 0.533. The normalized spacial score (nSPS) is 13.5. The van der Waals surface area contributed by atoms with E-state index >= 15 is 0 Å². The molecule has 5 N–H and O–H groups in total. The van der Waals surface area contributed by atoms with Gasteiger partial charge in [-0.2, -0.15) is 4.99 Å². The molecule has 0 fully saturated rings. The summed E-state index contributed by atoms with van der Waals surface area (Å²) in [5.74, 6) is 0.180. The Bertz CT molecular complexity index is 650. The first-order valence-corrected chi connectivity index (χ1v) is 8.15. The lowest BCUT2D eigenvalue weighted by atomic mass is 10.3. The molecule has 0 saturated heterocycles. The van der Waals surface area contributed by atoms with Crippen molar-refractivity contribution in [1.82, 2.24) is 4.31 Å². The van der Waals surface area contributed by atoms with Crippen molar-refractivity contribution in [2.75, 3.05) is 26.0 Å². The topological polar surface area (TPSA) is 126 Å². The van der Waals surface area contributed by atoms with Crippen molar-refractivity contribution in [1.29, 1.82) is 0 Å². The zero-order valence-corrected chi connectivity index (χ0v) is 13.8. The minimum absolute atomic E-state index is 0.0839. The van der Waals surface area contributed by atoms with Crippen LogP contribution in [0.5, 0.6) is 0 Å².